The average Bonchev–Trinajstić information content (AvgIpc) is 3.68. The fourth-order valence-electron chi connectivity index (χ4n) is 8.31. The first-order chi connectivity index (χ1) is 27.3. The number of unbranched alkanes of at least 4 members (excludes halogenated alkanes) is 1. The van der Waals surface area contributed by atoms with E-state index in [-0.39, 0.29) is 56.4 Å². The molecule has 2 N–H and O–H groups in total. The van der Waals surface area contributed by atoms with Crippen LogP contribution in [0.2, 0.25) is 0 Å². The zero-order chi connectivity index (χ0) is 42.4. The van der Waals surface area contributed by atoms with E-state index in [0.29, 0.717) is 28.1 Å². The number of fused-ring (bicyclic) bond motifs is 2. The molecule has 2 atom stereocenters. The number of ether oxygens (including phenoxy) is 1. The molecule has 2 aliphatic heterocycles. The van der Waals surface area contributed by atoms with E-state index in [1.807, 2.05) is 19.9 Å². The number of carbonyl (C=O) groups is 2. The first kappa shape index (κ1) is 41.8. The van der Waals surface area contributed by atoms with Gasteiger partial charge in [0.2, 0.25) is 15.7 Å². The Morgan fingerprint density at radius 1 is 1.10 bits per heavy atom. The highest BCUT2D eigenvalue weighted by atomic mass is 32.2. The number of allylic oxidation sites excluding steroid dienone is 1. The van der Waals surface area contributed by atoms with Gasteiger partial charge in [0.1, 0.15) is 22.3 Å². The molecule has 0 spiro atoms. The van der Waals surface area contributed by atoms with Crippen LogP contribution in [-0.2, 0) is 19.4 Å². The second-order valence-corrected chi connectivity index (χ2v) is 18.0. The van der Waals surface area contributed by atoms with E-state index >= 15 is 0 Å². The number of methoxy groups -OCH3 is 1. The van der Waals surface area contributed by atoms with Gasteiger partial charge in [0, 0.05) is 29.8 Å². The van der Waals surface area contributed by atoms with Gasteiger partial charge in [-0.3, -0.25) is 9.59 Å². The van der Waals surface area contributed by atoms with Gasteiger partial charge in [0.15, 0.2) is 17.5 Å². The van der Waals surface area contributed by atoms with Crippen molar-refractivity contribution in [2.24, 2.45) is 10.9 Å². The normalized spacial score (nSPS) is 17.2. The van der Waals surface area contributed by atoms with Gasteiger partial charge < -0.3 is 20.1 Å². The lowest BCUT2D eigenvalue weighted by molar-refractivity contribution is -0.142. The van der Waals surface area contributed by atoms with Crippen molar-refractivity contribution in [3.05, 3.63) is 81.7 Å². The largest absolute Gasteiger partial charge is 0.495 e. The van der Waals surface area contributed by atoms with Crippen molar-refractivity contribution in [3.63, 3.8) is 0 Å². The van der Waals surface area contributed by atoms with Gasteiger partial charge in [-0.15, -0.1) is 5.10 Å². The van der Waals surface area contributed by atoms with Gasteiger partial charge in [-0.25, -0.2) is 18.4 Å². The maximum absolute atomic E-state index is 14.9. The van der Waals surface area contributed by atoms with E-state index in [4.69, 9.17) is 19.8 Å². The molecule has 3 heterocycles. The number of nitrogens with zero attached hydrogens (tertiary/aromatic N) is 6. The summed E-state index contributed by atoms with van der Waals surface area (Å²) in [4.78, 5) is 36.3. The van der Waals surface area contributed by atoms with Crippen molar-refractivity contribution in [1.82, 2.24) is 14.8 Å². The number of aliphatic imine (C=N–C) groups is 1. The first-order valence-corrected chi connectivity index (χ1v) is 21.0. The summed E-state index contributed by atoms with van der Waals surface area (Å²) in [6.45, 7) is 18.6. The van der Waals surface area contributed by atoms with Crippen molar-refractivity contribution < 1.29 is 27.9 Å². The SMILES string of the molecule is CCCCN1c2cc(C)c(N=C3C(C#N)=C(S(=O)(=O)c4c(C)cc(C)cc4C)c4nc(-c5ccc(OC)c(NC(=O)CC(C)C(=O)O)c5)nn43)cc2C(C)CC1(C)C. The molecule has 2 aliphatic rings. The van der Waals surface area contributed by atoms with Crippen LogP contribution in [0.4, 0.5) is 17.1 Å². The van der Waals surface area contributed by atoms with Crippen LogP contribution in [0.5, 0.6) is 5.75 Å². The summed E-state index contributed by atoms with van der Waals surface area (Å²) in [6.07, 6.45) is 2.79. The molecule has 13 nitrogen and oxygen atoms in total. The standard InChI is InChI=1S/C44H51N7O6S/c1-11-12-15-50-35-18-25(3)33(21-31(35)29(7)22-44(50,8)9)47-41-32(23-45)39(58(55,56)38-26(4)16-24(2)17-27(38)5)42-48-40(49-51(41)42)30-13-14-36(57-10)34(20-30)46-37(52)19-28(6)43(53)54/h13-14,16-18,20-21,28-29H,11-12,15,19,22H2,1-10H3,(H,46,52)(H,53,54). The molecule has 0 fully saturated rings. The molecule has 0 radical (unpaired) electrons. The minimum absolute atomic E-state index is 0.0246. The number of carboxylic acids is 1. The van der Waals surface area contributed by atoms with Crippen molar-refractivity contribution >= 4 is 49.5 Å². The molecule has 4 aromatic rings. The van der Waals surface area contributed by atoms with Crippen LogP contribution in [0.1, 0.15) is 99.9 Å². The summed E-state index contributed by atoms with van der Waals surface area (Å²) in [5.41, 5.74) is 6.09. The molecular weight excluding hydrogens is 755 g/mol. The van der Waals surface area contributed by atoms with Gasteiger partial charge in [-0.2, -0.15) is 9.94 Å². The summed E-state index contributed by atoms with van der Waals surface area (Å²) in [5, 5.41) is 27.6. The topological polar surface area (TPSA) is 180 Å². The molecule has 6 rings (SSSR count). The van der Waals surface area contributed by atoms with Crippen molar-refractivity contribution in [2.45, 2.75) is 104 Å². The van der Waals surface area contributed by atoms with Crippen LogP contribution in [0, 0.1) is 44.9 Å². The second-order valence-electron chi connectivity index (χ2n) is 16.2. The fourth-order valence-corrected chi connectivity index (χ4v) is 10.3. The molecule has 14 heteroatoms. The van der Waals surface area contributed by atoms with E-state index in [1.165, 1.54) is 18.7 Å². The Morgan fingerprint density at radius 2 is 1.79 bits per heavy atom. The van der Waals surface area contributed by atoms with Crippen LogP contribution >= 0.6 is 0 Å². The Bertz CT molecular complexity index is 2540. The maximum Gasteiger partial charge on any atom is 0.306 e. The number of carboxylic acid groups (broad SMARTS) is 1. The van der Waals surface area contributed by atoms with Crippen molar-refractivity contribution in [2.75, 3.05) is 23.9 Å². The number of aliphatic carboxylic acids is 1. The van der Waals surface area contributed by atoms with Crippen LogP contribution in [-0.4, -0.2) is 65.2 Å². The summed E-state index contributed by atoms with van der Waals surface area (Å²) in [6, 6.07) is 14.8. The minimum atomic E-state index is -4.38. The van der Waals surface area contributed by atoms with Crippen LogP contribution in [0.3, 0.4) is 0 Å². The number of rotatable bonds is 12. The highest BCUT2D eigenvalue weighted by molar-refractivity contribution is 8.00. The smallest absolute Gasteiger partial charge is 0.306 e. The number of benzene rings is 3. The quantitative estimate of drug-likeness (QED) is 0.141. The number of aryl methyl sites for hydroxylation is 4. The Labute approximate surface area is 340 Å². The Morgan fingerprint density at radius 3 is 2.41 bits per heavy atom. The Balaban J connectivity index is 1.56. The monoisotopic (exact) mass is 805 g/mol. The van der Waals surface area contributed by atoms with Crippen molar-refractivity contribution in [1.29, 1.82) is 5.26 Å². The third kappa shape index (κ3) is 7.63. The third-order valence-electron chi connectivity index (χ3n) is 11.0. The predicted octanol–water partition coefficient (Wildman–Crippen LogP) is 8.43. The number of carbonyl (C=O) groups excluding carboxylic acids is 1. The third-order valence-corrected chi connectivity index (χ3v) is 13.1. The van der Waals surface area contributed by atoms with Gasteiger partial charge in [0.25, 0.3) is 0 Å². The van der Waals surface area contributed by atoms with Crippen LogP contribution in [0.25, 0.3) is 16.3 Å². The molecule has 3 aromatic carbocycles. The van der Waals surface area contributed by atoms with E-state index in [9.17, 15) is 28.4 Å². The predicted molar refractivity (Wildman–Crippen MR) is 225 cm³/mol. The lowest BCUT2D eigenvalue weighted by atomic mass is 9.79. The molecule has 58 heavy (non-hydrogen) atoms. The van der Waals surface area contributed by atoms with Crippen molar-refractivity contribution in [3.8, 4) is 23.2 Å². The van der Waals surface area contributed by atoms with Gasteiger partial charge >= 0.3 is 5.97 Å². The molecular formula is C44H51N7O6S. The molecule has 0 bridgehead atoms. The number of hydrogen-bond acceptors (Lipinski definition) is 10. The molecule has 1 aromatic heterocycles. The Kier molecular flexibility index (Phi) is 11.4. The number of aromatic nitrogens is 3. The second kappa shape index (κ2) is 15.9. The van der Waals surface area contributed by atoms with Gasteiger partial charge in [0.05, 0.1) is 29.3 Å². The van der Waals surface area contributed by atoms with Crippen LogP contribution in [0.15, 0.2) is 57.9 Å². The number of anilines is 2. The maximum atomic E-state index is 14.9. The van der Waals surface area contributed by atoms with E-state index in [0.717, 1.165) is 48.2 Å². The van der Waals surface area contributed by atoms with E-state index < -0.39 is 27.6 Å². The molecule has 2 unspecified atom stereocenters. The number of sulfone groups is 1. The first-order valence-electron chi connectivity index (χ1n) is 19.5. The van der Waals surface area contributed by atoms with E-state index in [1.54, 1.807) is 44.2 Å². The van der Waals surface area contributed by atoms with Crippen LogP contribution < -0.4 is 15.0 Å². The molecule has 0 saturated carbocycles. The number of hydrogen-bond donors (Lipinski definition) is 2. The van der Waals surface area contributed by atoms with Gasteiger partial charge in [-0.05, 0) is 113 Å². The molecule has 0 saturated heterocycles. The summed E-state index contributed by atoms with van der Waals surface area (Å²) >= 11 is 0. The molecule has 1 amide bonds. The zero-order valence-corrected chi connectivity index (χ0v) is 35.6. The van der Waals surface area contributed by atoms with E-state index in [2.05, 4.69) is 50.0 Å². The summed E-state index contributed by atoms with van der Waals surface area (Å²) in [5.74, 6) is -1.98. The number of nitrogens with one attached hydrogen (secondary N) is 1. The minimum Gasteiger partial charge on any atom is -0.495 e. The highest BCUT2D eigenvalue weighted by Gasteiger charge is 2.42. The molecule has 304 valence electrons. The summed E-state index contributed by atoms with van der Waals surface area (Å²) < 4.78 is 36.6. The summed E-state index contributed by atoms with van der Waals surface area (Å²) in [7, 11) is -2.95. The Hall–Kier alpha value is -5.81. The lowest BCUT2D eigenvalue weighted by Crippen LogP contribution is -2.48. The number of nitriles is 1. The number of amides is 1. The zero-order valence-electron chi connectivity index (χ0n) is 34.8. The highest BCUT2D eigenvalue weighted by Crippen LogP contribution is 2.47. The van der Waals surface area contributed by atoms with Gasteiger partial charge in [-0.1, -0.05) is 44.9 Å². The average molecular weight is 806 g/mol. The fraction of sp³-hybridized carbons (Fsp3) is 0.409. The lowest BCUT2D eigenvalue weighted by Gasteiger charge is -2.48. The molecule has 0 aliphatic carbocycles.